The molecule has 0 atom stereocenters. The van der Waals surface area contributed by atoms with Crippen LogP contribution in [0.15, 0.2) is 30.3 Å². The molecule has 14 heavy (non-hydrogen) atoms. The van der Waals surface area contributed by atoms with E-state index in [9.17, 15) is 0 Å². The molecule has 72 valence electrons. The first kappa shape index (κ1) is 9.97. The molecule has 1 aromatic heterocycles. The maximum atomic E-state index is 5.97. The Morgan fingerprint density at radius 3 is 2.43 bits per heavy atom. The molecule has 0 amide bonds. The van der Waals surface area contributed by atoms with Crippen molar-refractivity contribution in [3.05, 3.63) is 50.4 Å². The van der Waals surface area contributed by atoms with Gasteiger partial charge in [-0.05, 0) is 5.56 Å². The minimum atomic E-state index is 0.501. The van der Waals surface area contributed by atoms with E-state index in [2.05, 4.69) is 4.98 Å². The molecule has 2 rings (SSSR count). The van der Waals surface area contributed by atoms with Gasteiger partial charge in [-0.3, -0.25) is 0 Å². The molecule has 2 aromatic rings. The first-order valence-corrected chi connectivity index (χ1v) is 5.67. The van der Waals surface area contributed by atoms with Crippen LogP contribution < -0.4 is 0 Å². The van der Waals surface area contributed by atoms with E-state index in [1.54, 1.807) is 0 Å². The van der Waals surface area contributed by atoms with Crippen molar-refractivity contribution in [2.24, 2.45) is 0 Å². The maximum Gasteiger partial charge on any atom is 0.185 e. The highest BCUT2D eigenvalue weighted by atomic mass is 35.5. The van der Waals surface area contributed by atoms with Gasteiger partial charge < -0.3 is 0 Å². The molecule has 4 heteroatoms. The Morgan fingerprint density at radius 2 is 1.86 bits per heavy atom. The highest BCUT2D eigenvalue weighted by Gasteiger charge is 2.07. The second-order valence-electron chi connectivity index (χ2n) is 2.85. The average Bonchev–Trinajstić information content (AvgIpc) is 2.47. The summed E-state index contributed by atoms with van der Waals surface area (Å²) in [4.78, 5) is 4.16. The van der Waals surface area contributed by atoms with Gasteiger partial charge >= 0.3 is 0 Å². The third-order valence-corrected chi connectivity index (χ3v) is 3.28. The van der Waals surface area contributed by atoms with E-state index in [4.69, 9.17) is 23.2 Å². The average molecular weight is 244 g/mol. The number of nitrogens with zero attached hydrogens (tertiary/aromatic N) is 1. The van der Waals surface area contributed by atoms with Gasteiger partial charge in [-0.15, -0.1) is 0 Å². The van der Waals surface area contributed by atoms with Gasteiger partial charge in [-0.2, -0.15) is 0 Å². The Kier molecular flexibility index (Phi) is 3.06. The summed E-state index contributed by atoms with van der Waals surface area (Å²) in [5.41, 5.74) is 2.05. The maximum absolute atomic E-state index is 5.97. The zero-order valence-corrected chi connectivity index (χ0v) is 9.53. The highest BCUT2D eigenvalue weighted by molar-refractivity contribution is 7.19. The Hall–Kier alpha value is -0.570. The molecule has 0 saturated heterocycles. The molecule has 0 N–H and O–H groups in total. The quantitative estimate of drug-likeness (QED) is 0.776. The minimum Gasteiger partial charge on any atom is -0.228 e. The minimum absolute atomic E-state index is 0.501. The SMILES string of the molecule is Clc1nc(Cc2ccccc2)c(Cl)s1. The van der Waals surface area contributed by atoms with E-state index in [-0.39, 0.29) is 0 Å². The summed E-state index contributed by atoms with van der Waals surface area (Å²) in [6, 6.07) is 10.1. The van der Waals surface area contributed by atoms with Crippen molar-refractivity contribution < 1.29 is 0 Å². The molecule has 0 unspecified atom stereocenters. The van der Waals surface area contributed by atoms with Crippen LogP contribution in [-0.4, -0.2) is 4.98 Å². The van der Waals surface area contributed by atoms with Gasteiger partial charge in [-0.25, -0.2) is 4.98 Å². The number of thiazole rings is 1. The lowest BCUT2D eigenvalue weighted by Gasteiger charge is -1.97. The number of hydrogen-bond acceptors (Lipinski definition) is 2. The van der Waals surface area contributed by atoms with Gasteiger partial charge in [-0.1, -0.05) is 64.9 Å². The van der Waals surface area contributed by atoms with Crippen LogP contribution >= 0.6 is 34.5 Å². The Balaban J connectivity index is 2.23. The smallest absolute Gasteiger partial charge is 0.185 e. The van der Waals surface area contributed by atoms with E-state index in [1.165, 1.54) is 16.9 Å². The van der Waals surface area contributed by atoms with E-state index >= 15 is 0 Å². The van der Waals surface area contributed by atoms with Crippen LogP contribution in [0.5, 0.6) is 0 Å². The molecule has 1 heterocycles. The summed E-state index contributed by atoms with van der Waals surface area (Å²) < 4.78 is 1.18. The lowest BCUT2D eigenvalue weighted by Crippen LogP contribution is -1.87. The second-order valence-corrected chi connectivity index (χ2v) is 5.03. The van der Waals surface area contributed by atoms with Gasteiger partial charge in [0.1, 0.15) is 4.34 Å². The summed E-state index contributed by atoms with van der Waals surface area (Å²) in [5.74, 6) is 0. The standard InChI is InChI=1S/C10H7Cl2NS/c11-9-8(13-10(12)14-9)6-7-4-2-1-3-5-7/h1-5H,6H2. The predicted molar refractivity (Wildman–Crippen MR) is 61.4 cm³/mol. The van der Waals surface area contributed by atoms with Crippen molar-refractivity contribution >= 4 is 34.5 Å². The number of benzene rings is 1. The number of aromatic nitrogens is 1. The monoisotopic (exact) mass is 243 g/mol. The van der Waals surface area contributed by atoms with Crippen LogP contribution in [0.25, 0.3) is 0 Å². The van der Waals surface area contributed by atoms with Crippen LogP contribution in [0.2, 0.25) is 8.80 Å². The fourth-order valence-corrected chi connectivity index (χ4v) is 2.52. The molecule has 0 spiro atoms. The fourth-order valence-electron chi connectivity index (χ4n) is 1.20. The van der Waals surface area contributed by atoms with Gasteiger partial charge in [0, 0.05) is 6.42 Å². The molecule has 0 aliphatic heterocycles. The van der Waals surface area contributed by atoms with Crippen molar-refractivity contribution in [3.8, 4) is 0 Å². The molecule has 0 saturated carbocycles. The molecular formula is C10H7Cl2NS. The van der Waals surface area contributed by atoms with Gasteiger partial charge in [0.2, 0.25) is 0 Å². The topological polar surface area (TPSA) is 12.9 Å². The predicted octanol–water partition coefficient (Wildman–Crippen LogP) is 4.04. The third-order valence-electron chi connectivity index (χ3n) is 1.84. The van der Waals surface area contributed by atoms with E-state index in [1.807, 2.05) is 30.3 Å². The number of hydrogen-bond donors (Lipinski definition) is 0. The second kappa shape index (κ2) is 4.30. The highest BCUT2D eigenvalue weighted by Crippen LogP contribution is 2.28. The number of rotatable bonds is 2. The molecule has 0 aliphatic carbocycles. The van der Waals surface area contributed by atoms with E-state index < -0.39 is 0 Å². The van der Waals surface area contributed by atoms with Crippen LogP contribution in [0.1, 0.15) is 11.3 Å². The van der Waals surface area contributed by atoms with Crippen LogP contribution in [-0.2, 0) is 6.42 Å². The van der Waals surface area contributed by atoms with Crippen molar-refractivity contribution in [3.63, 3.8) is 0 Å². The molecule has 0 bridgehead atoms. The summed E-state index contributed by atoms with van der Waals surface area (Å²) >= 11 is 13.0. The summed E-state index contributed by atoms with van der Waals surface area (Å²) in [7, 11) is 0. The van der Waals surface area contributed by atoms with Crippen molar-refractivity contribution in [1.29, 1.82) is 0 Å². The van der Waals surface area contributed by atoms with Crippen molar-refractivity contribution in [2.75, 3.05) is 0 Å². The molecule has 0 fully saturated rings. The summed E-state index contributed by atoms with van der Waals surface area (Å²) in [6.45, 7) is 0. The molecular weight excluding hydrogens is 237 g/mol. The summed E-state index contributed by atoms with van der Waals surface area (Å²) in [5, 5.41) is 0. The Labute approximate surface area is 96.3 Å². The van der Waals surface area contributed by atoms with Crippen molar-refractivity contribution in [2.45, 2.75) is 6.42 Å². The Bertz CT molecular complexity index is 425. The molecule has 0 radical (unpaired) electrons. The van der Waals surface area contributed by atoms with Gasteiger partial charge in [0.25, 0.3) is 0 Å². The molecule has 0 aliphatic rings. The number of halogens is 2. The first-order chi connectivity index (χ1) is 6.75. The van der Waals surface area contributed by atoms with Gasteiger partial charge in [0.15, 0.2) is 4.47 Å². The zero-order valence-electron chi connectivity index (χ0n) is 7.21. The first-order valence-electron chi connectivity index (χ1n) is 4.10. The molecule has 1 aromatic carbocycles. The Morgan fingerprint density at radius 1 is 1.14 bits per heavy atom. The normalized spacial score (nSPS) is 10.4. The van der Waals surface area contributed by atoms with E-state index in [0.717, 1.165) is 12.1 Å². The van der Waals surface area contributed by atoms with E-state index in [0.29, 0.717) is 8.80 Å². The lowest BCUT2D eigenvalue weighted by molar-refractivity contribution is 1.11. The van der Waals surface area contributed by atoms with Crippen LogP contribution in [0.3, 0.4) is 0 Å². The van der Waals surface area contributed by atoms with Crippen LogP contribution in [0, 0.1) is 0 Å². The zero-order chi connectivity index (χ0) is 9.97. The third kappa shape index (κ3) is 2.27. The van der Waals surface area contributed by atoms with Crippen LogP contribution in [0.4, 0.5) is 0 Å². The van der Waals surface area contributed by atoms with Gasteiger partial charge in [0.05, 0.1) is 5.69 Å². The largest absolute Gasteiger partial charge is 0.228 e. The fraction of sp³-hybridized carbons (Fsp3) is 0.100. The van der Waals surface area contributed by atoms with Crippen molar-refractivity contribution in [1.82, 2.24) is 4.98 Å². The lowest BCUT2D eigenvalue weighted by atomic mass is 10.1. The summed E-state index contributed by atoms with van der Waals surface area (Å²) in [6.07, 6.45) is 0.739. The molecule has 1 nitrogen and oxygen atoms in total.